The molecule has 2 aromatic rings. The summed E-state index contributed by atoms with van der Waals surface area (Å²) in [6.07, 6.45) is 0.567. The van der Waals surface area contributed by atoms with E-state index in [9.17, 15) is 19.4 Å². The Kier molecular flexibility index (Phi) is 5.65. The van der Waals surface area contributed by atoms with Crippen LogP contribution in [0, 0.1) is 11.8 Å². The number of hydrogen-bond donors (Lipinski definition) is 5. The van der Waals surface area contributed by atoms with Crippen LogP contribution in [0.3, 0.4) is 0 Å². The van der Waals surface area contributed by atoms with E-state index < -0.39 is 7.82 Å². The molecular formula is C17H21ClN5O6P. The number of nitrogens with two attached hydrogens (primary N) is 1. The Morgan fingerprint density at radius 3 is 2.97 bits per heavy atom. The zero-order chi connectivity index (χ0) is 21.5. The van der Waals surface area contributed by atoms with Gasteiger partial charge in [0.25, 0.3) is 5.56 Å². The number of phosphoric ester groups is 1. The quantitative estimate of drug-likeness (QED) is 0.384. The van der Waals surface area contributed by atoms with Crippen molar-refractivity contribution in [3.05, 3.63) is 39.6 Å². The van der Waals surface area contributed by atoms with Gasteiger partial charge in [-0.2, -0.15) is 4.98 Å². The summed E-state index contributed by atoms with van der Waals surface area (Å²) in [5.41, 5.74) is 5.61. The van der Waals surface area contributed by atoms with Crippen molar-refractivity contribution in [2.75, 3.05) is 35.8 Å². The first-order valence-electron chi connectivity index (χ1n) is 9.21. The van der Waals surface area contributed by atoms with Crippen LogP contribution in [-0.2, 0) is 9.09 Å². The van der Waals surface area contributed by atoms with E-state index in [1.165, 1.54) is 12.1 Å². The van der Waals surface area contributed by atoms with Crippen molar-refractivity contribution < 1.29 is 23.6 Å². The average molecular weight is 458 g/mol. The predicted octanol–water partition coefficient (Wildman–Crippen LogP) is 1.39. The van der Waals surface area contributed by atoms with Crippen LogP contribution in [0.1, 0.15) is 6.42 Å². The van der Waals surface area contributed by atoms with Crippen LogP contribution in [0.15, 0.2) is 29.1 Å². The molecule has 2 heterocycles. The van der Waals surface area contributed by atoms with Crippen LogP contribution in [0.25, 0.3) is 0 Å². The first kappa shape index (κ1) is 21.0. The van der Waals surface area contributed by atoms with Crippen LogP contribution in [-0.4, -0.2) is 45.9 Å². The molecule has 1 saturated carbocycles. The van der Waals surface area contributed by atoms with Crippen LogP contribution < -0.4 is 26.0 Å². The van der Waals surface area contributed by atoms with Gasteiger partial charge in [0.05, 0.1) is 13.3 Å². The lowest BCUT2D eigenvalue weighted by Crippen LogP contribution is -2.55. The molecule has 1 aliphatic heterocycles. The maximum atomic E-state index is 12.2. The molecule has 1 aromatic heterocycles. The van der Waals surface area contributed by atoms with Gasteiger partial charge >= 0.3 is 7.82 Å². The average Bonchev–Trinajstić information content (AvgIpc) is 3.04. The number of nitrogens with one attached hydrogen (secondary N) is 2. The van der Waals surface area contributed by atoms with Crippen LogP contribution in [0.4, 0.5) is 17.5 Å². The number of nitrogen functional groups attached to an aromatic ring is 1. The van der Waals surface area contributed by atoms with E-state index >= 15 is 0 Å². The van der Waals surface area contributed by atoms with Gasteiger partial charge in [0, 0.05) is 23.6 Å². The summed E-state index contributed by atoms with van der Waals surface area (Å²) in [6.45, 7) is 0.114. The van der Waals surface area contributed by atoms with E-state index in [0.717, 1.165) is 0 Å². The fourth-order valence-electron chi connectivity index (χ4n) is 3.83. The molecule has 13 heteroatoms. The second kappa shape index (κ2) is 8.09. The van der Waals surface area contributed by atoms with Crippen molar-refractivity contribution in [3.63, 3.8) is 0 Å². The minimum absolute atomic E-state index is 0.00610. The summed E-state index contributed by atoms with van der Waals surface area (Å²) in [7, 11) is -4.36. The molecule has 6 N–H and O–H groups in total. The highest BCUT2D eigenvalue weighted by Gasteiger charge is 2.47. The monoisotopic (exact) mass is 457 g/mol. The summed E-state index contributed by atoms with van der Waals surface area (Å²) >= 11 is 5.84. The number of hydrogen-bond acceptors (Lipinski definition) is 9. The number of anilines is 3. The molecule has 0 spiro atoms. The number of aliphatic hydroxyl groups excluding tert-OH is 1. The van der Waals surface area contributed by atoms with Crippen LogP contribution >= 0.6 is 19.4 Å². The van der Waals surface area contributed by atoms with Crippen molar-refractivity contribution >= 4 is 36.9 Å². The fraction of sp³-hybridized carbons (Fsp3) is 0.412. The van der Waals surface area contributed by atoms with Gasteiger partial charge in [0.2, 0.25) is 5.95 Å². The molecule has 1 unspecified atom stereocenters. The second-order valence-electron chi connectivity index (χ2n) is 7.18. The molecule has 1 aliphatic carbocycles. The van der Waals surface area contributed by atoms with Gasteiger partial charge in [-0.05, 0) is 30.5 Å². The standard InChI is InChI=1S/C17H21ClN5O6P/c18-10-2-1-3-11(5-10)29-30(26,27)28-7-9-4-13(12(9)6-24)23-8-20-14-15(23)21-17(19)22-16(14)25/h1-3,5,9,12-13,20,24H,4,6-8H2,(H,26,27)(H3,19,21,22,25)/t9-,12-,13-/m1/s1. The summed E-state index contributed by atoms with van der Waals surface area (Å²) < 4.78 is 22.4. The van der Waals surface area contributed by atoms with E-state index in [1.54, 1.807) is 12.1 Å². The van der Waals surface area contributed by atoms with E-state index in [-0.39, 0.29) is 48.3 Å². The maximum absolute atomic E-state index is 12.2. The lowest BCUT2D eigenvalue weighted by atomic mass is 9.69. The number of fused-ring (bicyclic) bond motifs is 1. The highest BCUT2D eigenvalue weighted by Crippen LogP contribution is 2.48. The Balaban J connectivity index is 1.38. The van der Waals surface area contributed by atoms with E-state index in [4.69, 9.17) is 26.4 Å². The highest BCUT2D eigenvalue weighted by molar-refractivity contribution is 7.47. The number of halogens is 1. The van der Waals surface area contributed by atoms with Crippen LogP contribution in [0.5, 0.6) is 5.75 Å². The summed E-state index contributed by atoms with van der Waals surface area (Å²) in [5, 5.41) is 13.2. The predicted molar refractivity (Wildman–Crippen MR) is 111 cm³/mol. The molecule has 4 atom stereocenters. The van der Waals surface area contributed by atoms with Gasteiger partial charge in [0.15, 0.2) is 5.82 Å². The number of aromatic amines is 1. The first-order valence-corrected chi connectivity index (χ1v) is 11.1. The Labute approximate surface area is 176 Å². The van der Waals surface area contributed by atoms with Gasteiger partial charge in [-0.1, -0.05) is 17.7 Å². The topological polar surface area (TPSA) is 163 Å². The third kappa shape index (κ3) is 4.12. The fourth-order valence-corrected chi connectivity index (χ4v) is 4.82. The van der Waals surface area contributed by atoms with Gasteiger partial charge in [0.1, 0.15) is 11.4 Å². The SMILES string of the molecule is Nc1nc2c(c(=O)[nH]1)NCN2[C@@H]1C[C@H](COP(=O)(O)Oc2cccc(Cl)c2)[C@H]1CO. The van der Waals surface area contributed by atoms with Gasteiger partial charge in [-0.3, -0.25) is 19.2 Å². The summed E-state index contributed by atoms with van der Waals surface area (Å²) in [5.74, 6) is 0.132. The first-order chi connectivity index (χ1) is 14.3. The van der Waals surface area contributed by atoms with E-state index in [2.05, 4.69) is 15.3 Å². The van der Waals surface area contributed by atoms with Crippen molar-refractivity contribution in [1.82, 2.24) is 9.97 Å². The minimum atomic E-state index is -4.36. The number of aromatic nitrogens is 2. The van der Waals surface area contributed by atoms with Crippen molar-refractivity contribution in [3.8, 4) is 5.75 Å². The Morgan fingerprint density at radius 1 is 1.43 bits per heavy atom. The van der Waals surface area contributed by atoms with E-state index in [1.807, 2.05) is 4.90 Å². The third-order valence-corrected chi connectivity index (χ3v) is 6.49. The molecule has 0 saturated heterocycles. The zero-order valence-electron chi connectivity index (χ0n) is 15.7. The molecule has 1 aromatic carbocycles. The Bertz CT molecular complexity index is 1050. The summed E-state index contributed by atoms with van der Waals surface area (Å²) in [6, 6.07) is 5.97. The molecule has 0 amide bonds. The number of benzene rings is 1. The van der Waals surface area contributed by atoms with Gasteiger partial charge < -0.3 is 25.6 Å². The molecule has 4 rings (SSSR count). The Morgan fingerprint density at radius 2 is 2.23 bits per heavy atom. The largest absolute Gasteiger partial charge is 0.527 e. The maximum Gasteiger partial charge on any atom is 0.527 e. The number of aliphatic hydroxyl groups is 1. The van der Waals surface area contributed by atoms with Gasteiger partial charge in [-0.25, -0.2) is 4.57 Å². The number of phosphoric acid groups is 1. The zero-order valence-corrected chi connectivity index (χ0v) is 17.3. The third-order valence-electron chi connectivity index (χ3n) is 5.34. The van der Waals surface area contributed by atoms with Crippen molar-refractivity contribution in [2.24, 2.45) is 11.8 Å². The van der Waals surface area contributed by atoms with E-state index in [0.29, 0.717) is 29.6 Å². The minimum Gasteiger partial charge on any atom is -0.404 e. The molecule has 2 aliphatic rings. The number of H-pyrrole nitrogens is 1. The molecule has 0 bridgehead atoms. The number of rotatable bonds is 7. The highest BCUT2D eigenvalue weighted by atomic mass is 35.5. The van der Waals surface area contributed by atoms with Crippen molar-refractivity contribution in [1.29, 1.82) is 0 Å². The molecular weight excluding hydrogens is 437 g/mol. The number of nitrogens with zero attached hydrogens (tertiary/aromatic N) is 2. The van der Waals surface area contributed by atoms with Gasteiger partial charge in [-0.15, -0.1) is 0 Å². The lowest BCUT2D eigenvalue weighted by Gasteiger charge is -2.48. The van der Waals surface area contributed by atoms with Crippen LogP contribution in [0.2, 0.25) is 5.02 Å². The molecule has 162 valence electrons. The summed E-state index contributed by atoms with van der Waals surface area (Å²) in [4.78, 5) is 30.5. The molecule has 0 radical (unpaired) electrons. The lowest BCUT2D eigenvalue weighted by molar-refractivity contribution is 0.0217. The Hall–Kier alpha value is -2.30. The molecule has 30 heavy (non-hydrogen) atoms. The molecule has 1 fully saturated rings. The molecule has 11 nitrogen and oxygen atoms in total. The second-order valence-corrected chi connectivity index (χ2v) is 8.99. The smallest absolute Gasteiger partial charge is 0.404 e. The van der Waals surface area contributed by atoms with Crippen molar-refractivity contribution in [2.45, 2.75) is 12.5 Å². The normalized spacial score (nSPS) is 24.5.